The zero-order valence-electron chi connectivity index (χ0n) is 16.0. The molecule has 0 radical (unpaired) electrons. The molecule has 0 spiro atoms. The van der Waals surface area contributed by atoms with Crippen LogP contribution in [-0.4, -0.2) is 35.3 Å². The number of sulfone groups is 1. The molecule has 1 aliphatic heterocycles. The third-order valence-corrected chi connectivity index (χ3v) is 6.05. The Labute approximate surface area is 167 Å². The van der Waals surface area contributed by atoms with Crippen LogP contribution in [0.5, 0.6) is 0 Å². The number of nitrogens with one attached hydrogen (secondary N) is 2. The fourth-order valence-electron chi connectivity index (χ4n) is 3.96. The third-order valence-electron chi connectivity index (χ3n) is 5.19. The van der Waals surface area contributed by atoms with Crippen molar-refractivity contribution in [2.75, 3.05) is 11.6 Å². The van der Waals surface area contributed by atoms with Crippen LogP contribution >= 0.6 is 0 Å². The summed E-state index contributed by atoms with van der Waals surface area (Å²) in [6.07, 6.45) is 5.01. The van der Waals surface area contributed by atoms with Crippen LogP contribution in [0.3, 0.4) is 0 Å². The van der Waals surface area contributed by atoms with Gasteiger partial charge in [-0.2, -0.15) is 0 Å². The third kappa shape index (κ3) is 3.53. The lowest BCUT2D eigenvalue weighted by Gasteiger charge is -2.18. The summed E-state index contributed by atoms with van der Waals surface area (Å²) in [5.74, 6) is -0.979. The Bertz CT molecular complexity index is 1300. The molecular formula is C20H21N3O5S. The monoisotopic (exact) mass is 415 g/mol. The van der Waals surface area contributed by atoms with Crippen molar-refractivity contribution in [1.29, 1.82) is 0 Å². The van der Waals surface area contributed by atoms with E-state index in [1.54, 1.807) is 25.5 Å². The van der Waals surface area contributed by atoms with Crippen molar-refractivity contribution in [2.45, 2.75) is 24.6 Å². The van der Waals surface area contributed by atoms with Crippen LogP contribution in [0.4, 0.5) is 5.69 Å². The zero-order chi connectivity index (χ0) is 20.9. The average Bonchev–Trinajstić information content (AvgIpc) is 3.01. The second-order valence-electron chi connectivity index (χ2n) is 7.53. The summed E-state index contributed by atoms with van der Waals surface area (Å²) in [5.41, 5.74) is 4.10. The number of aliphatic carboxylic acids is 1. The molecule has 8 nitrogen and oxygen atoms in total. The van der Waals surface area contributed by atoms with E-state index in [1.807, 2.05) is 12.1 Å². The van der Waals surface area contributed by atoms with Gasteiger partial charge in [0.1, 0.15) is 5.52 Å². The van der Waals surface area contributed by atoms with Crippen LogP contribution in [0.25, 0.3) is 22.0 Å². The number of carboxylic acids is 1. The molecule has 0 saturated carbocycles. The Morgan fingerprint density at radius 3 is 2.72 bits per heavy atom. The molecule has 3 heterocycles. The molecule has 29 heavy (non-hydrogen) atoms. The Kier molecular flexibility index (Phi) is 4.49. The first-order valence-corrected chi connectivity index (χ1v) is 11.2. The van der Waals surface area contributed by atoms with E-state index in [2.05, 4.69) is 10.3 Å². The first kappa shape index (κ1) is 19.3. The van der Waals surface area contributed by atoms with Crippen molar-refractivity contribution < 1.29 is 18.3 Å². The molecule has 1 aromatic carbocycles. The molecule has 0 amide bonds. The Balaban J connectivity index is 1.97. The number of carboxylic acid groups (broad SMARTS) is 1. The average molecular weight is 415 g/mol. The van der Waals surface area contributed by atoms with Gasteiger partial charge in [-0.1, -0.05) is 6.07 Å². The van der Waals surface area contributed by atoms with Gasteiger partial charge >= 0.3 is 5.97 Å². The summed E-state index contributed by atoms with van der Waals surface area (Å²) in [6, 6.07) is 5.09. The number of benzene rings is 1. The number of carbonyl (C=O) groups is 1. The Morgan fingerprint density at radius 2 is 2.03 bits per heavy atom. The van der Waals surface area contributed by atoms with Crippen molar-refractivity contribution in [1.82, 2.24) is 9.55 Å². The van der Waals surface area contributed by atoms with Crippen LogP contribution in [0, 0.1) is 0 Å². The van der Waals surface area contributed by atoms with Gasteiger partial charge in [-0.15, -0.1) is 0 Å². The number of rotatable bonds is 5. The number of H-pyrrole nitrogens is 1. The van der Waals surface area contributed by atoms with E-state index in [0.29, 0.717) is 17.5 Å². The van der Waals surface area contributed by atoms with Gasteiger partial charge in [-0.3, -0.25) is 9.59 Å². The minimum atomic E-state index is -3.21. The summed E-state index contributed by atoms with van der Waals surface area (Å²) in [6.45, 7) is 0. The van der Waals surface area contributed by atoms with E-state index in [1.165, 1.54) is 10.8 Å². The van der Waals surface area contributed by atoms with Gasteiger partial charge in [0.15, 0.2) is 9.84 Å². The van der Waals surface area contributed by atoms with Gasteiger partial charge in [0.2, 0.25) is 0 Å². The zero-order valence-corrected chi connectivity index (χ0v) is 16.8. The summed E-state index contributed by atoms with van der Waals surface area (Å²) >= 11 is 0. The molecule has 0 aliphatic carbocycles. The molecule has 1 aliphatic rings. The predicted octanol–water partition coefficient (Wildman–Crippen LogP) is 2.41. The molecule has 2 aromatic heterocycles. The minimum absolute atomic E-state index is 0.0218. The maximum Gasteiger partial charge on any atom is 0.303 e. The van der Waals surface area contributed by atoms with Gasteiger partial charge in [0, 0.05) is 59.9 Å². The van der Waals surface area contributed by atoms with Crippen LogP contribution < -0.4 is 10.9 Å². The highest BCUT2D eigenvalue weighted by Crippen LogP contribution is 2.42. The van der Waals surface area contributed by atoms with Gasteiger partial charge in [0.05, 0.1) is 11.8 Å². The SMILES string of the molecule is Cn1cc2c3c(c[nH]c3c1=O)C(CCC(=O)O)Nc1ccc(CS(C)(=O)=O)cc1-2. The fraction of sp³-hybridized carbons (Fsp3) is 0.300. The van der Waals surface area contributed by atoms with Crippen LogP contribution in [0.2, 0.25) is 0 Å². The van der Waals surface area contributed by atoms with Gasteiger partial charge in [0.25, 0.3) is 5.56 Å². The molecule has 4 rings (SSSR count). The number of aromatic amines is 1. The quantitative estimate of drug-likeness (QED) is 0.588. The van der Waals surface area contributed by atoms with Crippen LogP contribution in [-0.2, 0) is 27.4 Å². The highest BCUT2D eigenvalue weighted by Gasteiger charge is 2.27. The number of pyridine rings is 1. The number of fused-ring (bicyclic) bond motifs is 2. The molecule has 1 unspecified atom stereocenters. The largest absolute Gasteiger partial charge is 0.481 e. The van der Waals surface area contributed by atoms with Gasteiger partial charge in [-0.05, 0) is 24.1 Å². The molecule has 0 bridgehead atoms. The molecule has 1 atom stereocenters. The van der Waals surface area contributed by atoms with E-state index in [0.717, 1.165) is 27.8 Å². The Hall–Kier alpha value is -3.07. The molecule has 9 heteroatoms. The number of hydrogen-bond donors (Lipinski definition) is 3. The van der Waals surface area contributed by atoms with Gasteiger partial charge < -0.3 is 20.0 Å². The van der Waals surface area contributed by atoms with E-state index < -0.39 is 15.8 Å². The topological polar surface area (TPSA) is 121 Å². The molecule has 152 valence electrons. The van der Waals surface area contributed by atoms with Crippen LogP contribution in [0.15, 0.2) is 35.4 Å². The van der Waals surface area contributed by atoms with E-state index in [-0.39, 0.29) is 23.8 Å². The smallest absolute Gasteiger partial charge is 0.303 e. The lowest BCUT2D eigenvalue weighted by molar-refractivity contribution is -0.137. The van der Waals surface area contributed by atoms with Crippen molar-refractivity contribution in [2.24, 2.45) is 7.05 Å². The summed E-state index contributed by atoms with van der Waals surface area (Å²) in [7, 11) is -1.54. The Morgan fingerprint density at radius 1 is 1.28 bits per heavy atom. The summed E-state index contributed by atoms with van der Waals surface area (Å²) in [4.78, 5) is 26.8. The predicted molar refractivity (Wildman–Crippen MR) is 111 cm³/mol. The highest BCUT2D eigenvalue weighted by molar-refractivity contribution is 7.89. The van der Waals surface area contributed by atoms with Crippen molar-refractivity contribution in [3.05, 3.63) is 52.1 Å². The fourth-order valence-corrected chi connectivity index (χ4v) is 4.75. The standard InChI is InChI=1S/C20H21N3O5S/c1-23-9-14-12-7-11(10-29(2,27)28)3-4-15(12)22-16(5-6-17(24)25)13-8-21-19(18(13)14)20(23)26/h3-4,7-9,16,21-22H,5-6,10H2,1-2H3,(H,24,25). The number of aryl methyl sites for hydroxylation is 1. The molecule has 3 aromatic rings. The number of nitrogens with zero attached hydrogens (tertiary/aromatic N) is 1. The second-order valence-corrected chi connectivity index (χ2v) is 9.67. The first-order chi connectivity index (χ1) is 13.6. The number of aromatic nitrogens is 2. The maximum absolute atomic E-state index is 12.6. The maximum atomic E-state index is 12.6. The number of anilines is 1. The lowest BCUT2D eigenvalue weighted by Crippen LogP contribution is -2.16. The number of hydrogen-bond acceptors (Lipinski definition) is 5. The molecule has 0 fully saturated rings. The highest BCUT2D eigenvalue weighted by atomic mass is 32.2. The summed E-state index contributed by atoms with van der Waals surface area (Å²) in [5, 5.41) is 13.3. The minimum Gasteiger partial charge on any atom is -0.481 e. The lowest BCUT2D eigenvalue weighted by atomic mass is 9.97. The normalized spacial score (nSPS) is 15.6. The summed E-state index contributed by atoms with van der Waals surface area (Å²) < 4.78 is 25.0. The van der Waals surface area contributed by atoms with Crippen molar-refractivity contribution >= 4 is 32.4 Å². The van der Waals surface area contributed by atoms with E-state index in [4.69, 9.17) is 5.11 Å². The second kappa shape index (κ2) is 6.77. The van der Waals surface area contributed by atoms with E-state index in [9.17, 15) is 18.0 Å². The molecule has 3 N–H and O–H groups in total. The molecule has 0 saturated heterocycles. The van der Waals surface area contributed by atoms with Crippen molar-refractivity contribution in [3.63, 3.8) is 0 Å². The first-order valence-electron chi connectivity index (χ1n) is 9.14. The van der Waals surface area contributed by atoms with Crippen LogP contribution in [0.1, 0.15) is 30.0 Å². The van der Waals surface area contributed by atoms with Gasteiger partial charge in [-0.25, -0.2) is 8.42 Å². The molecular weight excluding hydrogens is 394 g/mol. The van der Waals surface area contributed by atoms with Crippen molar-refractivity contribution in [3.8, 4) is 11.1 Å². The van der Waals surface area contributed by atoms with E-state index >= 15 is 0 Å².